The van der Waals surface area contributed by atoms with Crippen molar-refractivity contribution in [1.29, 1.82) is 0 Å². The molecule has 8 heteroatoms. The number of methoxy groups -OCH3 is 1. The number of hydrogen-bond acceptors (Lipinski definition) is 5. The topological polar surface area (TPSA) is 74.6 Å². The minimum Gasteiger partial charge on any atom is -0.497 e. The summed E-state index contributed by atoms with van der Waals surface area (Å²) in [6.07, 6.45) is 9.27. The molecule has 1 fully saturated rings. The van der Waals surface area contributed by atoms with E-state index in [1.165, 1.54) is 6.42 Å². The summed E-state index contributed by atoms with van der Waals surface area (Å²) in [4.78, 5) is 34.1. The van der Waals surface area contributed by atoms with Gasteiger partial charge < -0.3 is 4.74 Å². The molecule has 2 unspecified atom stereocenters. The first-order chi connectivity index (χ1) is 19.5. The van der Waals surface area contributed by atoms with Crippen LogP contribution in [0.25, 0.3) is 5.57 Å². The molecular weight excluding hydrogens is 524 g/mol. The predicted molar refractivity (Wildman–Crippen MR) is 157 cm³/mol. The average molecular weight is 555 g/mol. The Labute approximate surface area is 239 Å². The monoisotopic (exact) mass is 554 g/mol. The van der Waals surface area contributed by atoms with Crippen molar-refractivity contribution >= 4 is 40.4 Å². The lowest BCUT2D eigenvalue weighted by Crippen LogP contribution is -2.40. The standard InChI is InChI=1S/C32H31ClN4O3/c1-40-24-13-10-21(11-14-24)28-19-27(35-37(28)29(38)20-36-16-6-3-7-17-36)31-30(22-8-4-2-5-9-22)25-18-23(33)12-15-26(25)34-32(31)39/h2,4-5,8-15,18,25,28H,3,6-7,16-17,19-20H2,1H3. The number of dihydropyridines is 1. The van der Waals surface area contributed by atoms with Crippen LogP contribution in [0.1, 0.15) is 42.9 Å². The first-order valence-corrected chi connectivity index (χ1v) is 14.1. The lowest BCUT2D eigenvalue weighted by Gasteiger charge is -2.29. The van der Waals surface area contributed by atoms with Gasteiger partial charge in [-0.2, -0.15) is 5.10 Å². The highest BCUT2D eigenvalue weighted by Gasteiger charge is 2.40. The summed E-state index contributed by atoms with van der Waals surface area (Å²) < 4.78 is 5.35. The fourth-order valence-corrected chi connectivity index (χ4v) is 6.12. The summed E-state index contributed by atoms with van der Waals surface area (Å²) in [5, 5.41) is 7.06. The Morgan fingerprint density at radius 2 is 1.77 bits per heavy atom. The van der Waals surface area contributed by atoms with E-state index in [-0.39, 0.29) is 23.8 Å². The maximum atomic E-state index is 13.7. The zero-order chi connectivity index (χ0) is 27.6. The van der Waals surface area contributed by atoms with E-state index in [1.807, 2.05) is 60.7 Å². The van der Waals surface area contributed by atoms with Gasteiger partial charge in [0.1, 0.15) is 5.75 Å². The Hall–Kier alpha value is -3.81. The zero-order valence-corrected chi connectivity index (χ0v) is 23.2. The lowest BCUT2D eigenvalue weighted by atomic mass is 9.79. The number of likely N-dealkylation sites (tertiary alicyclic amines) is 1. The number of amides is 2. The third-order valence-electron chi connectivity index (χ3n) is 7.93. The van der Waals surface area contributed by atoms with Gasteiger partial charge in [0.25, 0.3) is 11.8 Å². The van der Waals surface area contributed by atoms with Gasteiger partial charge in [0.05, 0.1) is 36.7 Å². The number of aliphatic imine (C=N–C) groups is 1. The molecule has 0 saturated carbocycles. The van der Waals surface area contributed by atoms with Crippen molar-refractivity contribution < 1.29 is 14.3 Å². The van der Waals surface area contributed by atoms with Crippen LogP contribution in [0.5, 0.6) is 5.75 Å². The Morgan fingerprint density at radius 1 is 1.02 bits per heavy atom. The number of ether oxygens (including phenoxy) is 1. The maximum Gasteiger partial charge on any atom is 0.279 e. The van der Waals surface area contributed by atoms with Crippen LogP contribution >= 0.6 is 11.6 Å². The van der Waals surface area contributed by atoms with E-state index in [2.05, 4.69) is 9.89 Å². The molecule has 7 nitrogen and oxygen atoms in total. The minimum absolute atomic E-state index is 0.0735. The van der Waals surface area contributed by atoms with Crippen LogP contribution in [0.3, 0.4) is 0 Å². The number of benzene rings is 2. The van der Waals surface area contributed by atoms with Crippen molar-refractivity contribution in [3.63, 3.8) is 0 Å². The Bertz CT molecular complexity index is 1470. The van der Waals surface area contributed by atoms with Gasteiger partial charge in [0.15, 0.2) is 0 Å². The molecule has 2 aromatic carbocycles. The Morgan fingerprint density at radius 3 is 2.50 bits per heavy atom. The van der Waals surface area contributed by atoms with E-state index in [9.17, 15) is 9.59 Å². The summed E-state index contributed by atoms with van der Waals surface area (Å²) in [5.41, 5.74) is 4.32. The van der Waals surface area contributed by atoms with Gasteiger partial charge in [0.2, 0.25) is 0 Å². The van der Waals surface area contributed by atoms with Crippen LogP contribution in [0.4, 0.5) is 0 Å². The van der Waals surface area contributed by atoms with E-state index in [4.69, 9.17) is 21.4 Å². The normalized spacial score (nSPS) is 23.0. The second-order valence-electron chi connectivity index (χ2n) is 10.5. The second-order valence-corrected chi connectivity index (χ2v) is 10.9. The first-order valence-electron chi connectivity index (χ1n) is 13.8. The van der Waals surface area contributed by atoms with Crippen LogP contribution in [0.15, 0.2) is 93.5 Å². The van der Waals surface area contributed by atoms with Crippen LogP contribution in [-0.4, -0.2) is 59.9 Å². The fraction of sp³-hybridized carbons (Fsp3) is 0.312. The molecule has 3 aliphatic heterocycles. The summed E-state index contributed by atoms with van der Waals surface area (Å²) in [6.45, 7) is 2.12. The Kier molecular flexibility index (Phi) is 7.50. The molecule has 6 rings (SSSR count). The number of allylic oxidation sites excluding steroid dienone is 5. The van der Waals surface area contributed by atoms with E-state index >= 15 is 0 Å². The highest BCUT2D eigenvalue weighted by Crippen LogP contribution is 2.41. The lowest BCUT2D eigenvalue weighted by molar-refractivity contribution is -0.134. The molecule has 2 atom stereocenters. The molecule has 1 aliphatic carbocycles. The van der Waals surface area contributed by atoms with Crippen molar-refractivity contribution in [3.8, 4) is 5.75 Å². The molecule has 3 heterocycles. The number of nitrogens with zero attached hydrogens (tertiary/aromatic N) is 4. The van der Waals surface area contributed by atoms with Gasteiger partial charge in [-0.15, -0.1) is 0 Å². The number of halogens is 1. The van der Waals surface area contributed by atoms with E-state index in [1.54, 1.807) is 24.3 Å². The molecule has 0 aromatic heterocycles. The molecule has 2 amide bonds. The van der Waals surface area contributed by atoms with Gasteiger partial charge in [0, 0.05) is 17.4 Å². The SMILES string of the molecule is COc1ccc(C2CC(C3=C(c4ccccc4)C4C=C(Cl)C=CC4=NC3=O)=NN2C(=O)CN2CCCCC2)cc1. The summed E-state index contributed by atoms with van der Waals surface area (Å²) >= 11 is 6.43. The Balaban J connectivity index is 1.43. The summed E-state index contributed by atoms with van der Waals surface area (Å²) in [7, 11) is 1.63. The van der Waals surface area contributed by atoms with E-state index in [0.29, 0.717) is 35.0 Å². The number of carbonyl (C=O) groups is 2. The molecule has 4 aliphatic rings. The fourth-order valence-electron chi connectivity index (χ4n) is 5.93. The predicted octanol–water partition coefficient (Wildman–Crippen LogP) is 5.55. The van der Waals surface area contributed by atoms with Crippen molar-refractivity contribution in [2.24, 2.45) is 16.0 Å². The molecule has 40 heavy (non-hydrogen) atoms. The quantitative estimate of drug-likeness (QED) is 0.469. The third kappa shape index (κ3) is 5.19. The zero-order valence-electron chi connectivity index (χ0n) is 22.4. The number of piperidine rings is 1. The van der Waals surface area contributed by atoms with Crippen molar-refractivity contribution in [1.82, 2.24) is 9.91 Å². The number of hydrogen-bond donors (Lipinski definition) is 0. The number of carbonyl (C=O) groups excluding carboxylic acids is 2. The maximum absolute atomic E-state index is 13.7. The second kappa shape index (κ2) is 11.4. The molecule has 204 valence electrons. The molecule has 2 aromatic rings. The van der Waals surface area contributed by atoms with Crippen molar-refractivity contribution in [2.75, 3.05) is 26.7 Å². The van der Waals surface area contributed by atoms with Crippen LogP contribution in [0, 0.1) is 5.92 Å². The van der Waals surface area contributed by atoms with Crippen LogP contribution in [-0.2, 0) is 9.59 Å². The number of fused-ring (bicyclic) bond motifs is 1. The molecule has 0 radical (unpaired) electrons. The highest BCUT2D eigenvalue weighted by atomic mass is 35.5. The first kappa shape index (κ1) is 26.4. The van der Waals surface area contributed by atoms with Crippen LogP contribution in [0.2, 0.25) is 0 Å². The molecule has 0 N–H and O–H groups in total. The highest BCUT2D eigenvalue weighted by molar-refractivity contribution is 6.36. The molecule has 0 spiro atoms. The minimum atomic E-state index is -0.348. The van der Waals surface area contributed by atoms with Crippen LogP contribution < -0.4 is 4.74 Å². The average Bonchev–Trinajstić information content (AvgIpc) is 3.43. The van der Waals surface area contributed by atoms with E-state index < -0.39 is 0 Å². The summed E-state index contributed by atoms with van der Waals surface area (Å²) in [6, 6.07) is 17.2. The molecule has 1 saturated heterocycles. The van der Waals surface area contributed by atoms with E-state index in [0.717, 1.165) is 48.4 Å². The molecule has 0 bridgehead atoms. The van der Waals surface area contributed by atoms with Crippen molar-refractivity contribution in [3.05, 3.63) is 94.6 Å². The molecular formula is C32H31ClN4O3. The smallest absolute Gasteiger partial charge is 0.279 e. The van der Waals surface area contributed by atoms with Gasteiger partial charge in [-0.25, -0.2) is 10.0 Å². The van der Waals surface area contributed by atoms with Gasteiger partial charge >= 0.3 is 0 Å². The number of rotatable bonds is 6. The van der Waals surface area contributed by atoms with Gasteiger partial charge in [-0.3, -0.25) is 14.5 Å². The van der Waals surface area contributed by atoms with Gasteiger partial charge in [-0.1, -0.05) is 66.6 Å². The van der Waals surface area contributed by atoms with Crippen molar-refractivity contribution in [2.45, 2.75) is 31.7 Å². The largest absolute Gasteiger partial charge is 0.497 e. The number of hydrazone groups is 1. The summed E-state index contributed by atoms with van der Waals surface area (Å²) in [5.74, 6) is 0.0311. The third-order valence-corrected chi connectivity index (χ3v) is 8.18. The van der Waals surface area contributed by atoms with Gasteiger partial charge in [-0.05, 0) is 66.9 Å².